The van der Waals surface area contributed by atoms with Crippen molar-refractivity contribution in [2.75, 3.05) is 0 Å². The van der Waals surface area contributed by atoms with Gasteiger partial charge in [0.25, 0.3) is 0 Å². The van der Waals surface area contributed by atoms with E-state index in [9.17, 15) is 0 Å². The molecule has 1 aromatic rings. The van der Waals surface area contributed by atoms with Crippen LogP contribution in [-0.4, -0.2) is 9.78 Å². The molecule has 0 N–H and O–H groups in total. The average Bonchev–Trinajstić information content (AvgIpc) is 2.47. The molecule has 0 amide bonds. The van der Waals surface area contributed by atoms with E-state index in [1.807, 2.05) is 27.1 Å². The van der Waals surface area contributed by atoms with Crippen molar-refractivity contribution in [3.05, 3.63) is 17.5 Å². The van der Waals surface area contributed by atoms with Gasteiger partial charge in [0, 0.05) is 24.2 Å². The Balaban J connectivity index is 3.38. The van der Waals surface area contributed by atoms with E-state index < -0.39 is 5.41 Å². The quantitative estimate of drug-likeness (QED) is 0.707. The number of rotatable bonds is 1. The fourth-order valence-corrected chi connectivity index (χ4v) is 1.56. The number of aromatic nitrogens is 2. The van der Waals surface area contributed by atoms with Gasteiger partial charge in [-0.3, -0.25) is 4.68 Å². The predicted octanol–water partition coefficient (Wildman–Crippen LogP) is 2.52. The molecule has 0 aromatic carbocycles. The Morgan fingerprint density at radius 1 is 1.27 bits per heavy atom. The van der Waals surface area contributed by atoms with Gasteiger partial charge in [0.1, 0.15) is 0 Å². The number of nitriles is 1. The van der Waals surface area contributed by atoms with Gasteiger partial charge in [0.05, 0.1) is 17.2 Å². The Morgan fingerprint density at radius 2 is 1.80 bits per heavy atom. The van der Waals surface area contributed by atoms with Crippen molar-refractivity contribution in [1.29, 1.82) is 5.26 Å². The molecule has 0 aliphatic carbocycles. The van der Waals surface area contributed by atoms with Gasteiger partial charge in [0.2, 0.25) is 0 Å². The lowest BCUT2D eigenvalue weighted by Gasteiger charge is -2.22. The van der Waals surface area contributed by atoms with E-state index in [-0.39, 0.29) is 5.41 Å². The Morgan fingerprint density at radius 3 is 2.20 bits per heavy atom. The molecule has 0 saturated heterocycles. The summed E-state index contributed by atoms with van der Waals surface area (Å²) < 4.78 is 1.79. The zero-order valence-electron chi connectivity index (χ0n) is 10.4. The maximum Gasteiger partial charge on any atom is 0.0799 e. The fraction of sp³-hybridized carbons (Fsp3) is 0.667. The Kier molecular flexibility index (Phi) is 2.65. The molecule has 1 rings (SSSR count). The van der Waals surface area contributed by atoms with E-state index in [4.69, 9.17) is 5.26 Å². The van der Waals surface area contributed by atoms with Crippen LogP contribution in [0.1, 0.15) is 45.9 Å². The largest absolute Gasteiger partial charge is 0.275 e. The van der Waals surface area contributed by atoms with Crippen LogP contribution in [0.5, 0.6) is 0 Å². The average molecular weight is 205 g/mol. The van der Waals surface area contributed by atoms with Crippen molar-refractivity contribution in [3.8, 4) is 6.07 Å². The summed E-state index contributed by atoms with van der Waals surface area (Å²) in [4.78, 5) is 0. The topological polar surface area (TPSA) is 41.6 Å². The van der Waals surface area contributed by atoms with E-state index in [1.54, 1.807) is 4.68 Å². The maximum absolute atomic E-state index is 9.16. The van der Waals surface area contributed by atoms with Crippen LogP contribution in [0, 0.1) is 11.3 Å². The molecule has 0 spiro atoms. The molecule has 15 heavy (non-hydrogen) atoms. The molecular weight excluding hydrogens is 186 g/mol. The lowest BCUT2D eigenvalue weighted by molar-refractivity contribution is 0.535. The second-order valence-electron chi connectivity index (χ2n) is 5.55. The van der Waals surface area contributed by atoms with Crippen molar-refractivity contribution in [1.82, 2.24) is 9.78 Å². The first-order valence-electron chi connectivity index (χ1n) is 5.14. The molecular formula is C12H19N3. The number of aryl methyl sites for hydroxylation is 1. The number of hydrogen-bond donors (Lipinski definition) is 0. The molecule has 0 fully saturated rings. The first-order valence-corrected chi connectivity index (χ1v) is 5.14. The summed E-state index contributed by atoms with van der Waals surface area (Å²) in [6, 6.07) is 2.33. The van der Waals surface area contributed by atoms with Gasteiger partial charge in [-0.15, -0.1) is 0 Å². The molecule has 0 saturated carbocycles. The maximum atomic E-state index is 9.16. The minimum Gasteiger partial charge on any atom is -0.275 e. The SMILES string of the molecule is Cn1cc(C(C)(C)C#N)c(C(C)(C)C)n1. The minimum absolute atomic E-state index is 0.0231. The molecule has 0 atom stereocenters. The Bertz CT molecular complexity index is 399. The Hall–Kier alpha value is -1.30. The first-order chi connectivity index (χ1) is 6.68. The molecule has 0 bridgehead atoms. The van der Waals surface area contributed by atoms with Crippen LogP contribution in [0.2, 0.25) is 0 Å². The normalized spacial score (nSPS) is 12.6. The second kappa shape index (κ2) is 3.37. The van der Waals surface area contributed by atoms with Gasteiger partial charge in [0.15, 0.2) is 0 Å². The van der Waals surface area contributed by atoms with Gasteiger partial charge < -0.3 is 0 Å². The van der Waals surface area contributed by atoms with Crippen LogP contribution < -0.4 is 0 Å². The third-order valence-electron chi connectivity index (χ3n) is 2.49. The van der Waals surface area contributed by atoms with Crippen molar-refractivity contribution >= 4 is 0 Å². The zero-order chi connectivity index (χ0) is 11.9. The summed E-state index contributed by atoms with van der Waals surface area (Å²) in [5, 5.41) is 13.6. The smallest absolute Gasteiger partial charge is 0.0799 e. The van der Waals surface area contributed by atoms with Crippen LogP contribution in [0.3, 0.4) is 0 Å². The molecule has 82 valence electrons. The molecule has 1 heterocycles. The van der Waals surface area contributed by atoms with Crippen molar-refractivity contribution in [3.63, 3.8) is 0 Å². The molecule has 3 heteroatoms. The van der Waals surface area contributed by atoms with Crippen LogP contribution in [0.15, 0.2) is 6.20 Å². The zero-order valence-corrected chi connectivity index (χ0v) is 10.4. The first kappa shape index (κ1) is 11.8. The van der Waals surface area contributed by atoms with Gasteiger partial charge >= 0.3 is 0 Å². The molecule has 0 aliphatic heterocycles. The van der Waals surface area contributed by atoms with Crippen molar-refractivity contribution < 1.29 is 0 Å². The highest BCUT2D eigenvalue weighted by Crippen LogP contribution is 2.32. The second-order valence-corrected chi connectivity index (χ2v) is 5.55. The minimum atomic E-state index is -0.475. The van der Waals surface area contributed by atoms with E-state index in [0.29, 0.717) is 0 Å². The van der Waals surface area contributed by atoms with E-state index >= 15 is 0 Å². The predicted molar refractivity (Wildman–Crippen MR) is 60.5 cm³/mol. The highest BCUT2D eigenvalue weighted by molar-refractivity contribution is 5.35. The molecule has 0 radical (unpaired) electrons. The Labute approximate surface area is 91.7 Å². The highest BCUT2D eigenvalue weighted by atomic mass is 15.3. The monoisotopic (exact) mass is 205 g/mol. The fourth-order valence-electron chi connectivity index (χ4n) is 1.56. The van der Waals surface area contributed by atoms with E-state index in [1.165, 1.54) is 0 Å². The summed E-state index contributed by atoms with van der Waals surface area (Å²) in [6.07, 6.45) is 1.95. The summed E-state index contributed by atoms with van der Waals surface area (Å²) >= 11 is 0. The lowest BCUT2D eigenvalue weighted by Crippen LogP contribution is -2.22. The summed E-state index contributed by atoms with van der Waals surface area (Å²) in [5.41, 5.74) is 1.54. The third-order valence-corrected chi connectivity index (χ3v) is 2.49. The van der Waals surface area contributed by atoms with Crippen molar-refractivity contribution in [2.45, 2.75) is 45.4 Å². The molecule has 0 aliphatic rings. The van der Waals surface area contributed by atoms with Gasteiger partial charge in [-0.25, -0.2) is 0 Å². The highest BCUT2D eigenvalue weighted by Gasteiger charge is 2.31. The number of hydrogen-bond acceptors (Lipinski definition) is 2. The van der Waals surface area contributed by atoms with Crippen LogP contribution in [0.4, 0.5) is 0 Å². The van der Waals surface area contributed by atoms with Crippen LogP contribution in [0.25, 0.3) is 0 Å². The lowest BCUT2D eigenvalue weighted by atomic mass is 9.79. The van der Waals surface area contributed by atoms with Crippen molar-refractivity contribution in [2.24, 2.45) is 7.05 Å². The summed E-state index contributed by atoms with van der Waals surface area (Å²) in [7, 11) is 1.90. The van der Waals surface area contributed by atoms with E-state index in [2.05, 4.69) is 31.9 Å². The molecule has 3 nitrogen and oxygen atoms in total. The third kappa shape index (κ3) is 2.20. The molecule has 0 unspecified atom stereocenters. The standard InChI is InChI=1S/C12H19N3/c1-11(2,3)10-9(7-15(6)14-10)12(4,5)8-13/h7H,1-6H3. The van der Waals surface area contributed by atoms with Gasteiger partial charge in [-0.2, -0.15) is 10.4 Å². The summed E-state index contributed by atoms with van der Waals surface area (Å²) in [6.45, 7) is 10.2. The number of nitrogens with zero attached hydrogens (tertiary/aromatic N) is 3. The van der Waals surface area contributed by atoms with Gasteiger partial charge in [-0.1, -0.05) is 20.8 Å². The molecule has 1 aromatic heterocycles. The summed E-state index contributed by atoms with van der Waals surface area (Å²) in [5.74, 6) is 0. The van der Waals surface area contributed by atoms with E-state index in [0.717, 1.165) is 11.3 Å². The van der Waals surface area contributed by atoms with Crippen LogP contribution >= 0.6 is 0 Å². The van der Waals surface area contributed by atoms with Gasteiger partial charge in [-0.05, 0) is 13.8 Å². The van der Waals surface area contributed by atoms with Crippen LogP contribution in [-0.2, 0) is 17.9 Å².